The van der Waals surface area contributed by atoms with Gasteiger partial charge in [0.25, 0.3) is 5.91 Å². The lowest BCUT2D eigenvalue weighted by molar-refractivity contribution is -0.286. The minimum absolute atomic E-state index is 0.120. The molecule has 1 aromatic heterocycles. The van der Waals surface area contributed by atoms with Crippen LogP contribution in [0.2, 0.25) is 0 Å². The van der Waals surface area contributed by atoms with Crippen LogP contribution in [0.1, 0.15) is 39.0 Å². The van der Waals surface area contributed by atoms with Gasteiger partial charge in [0.2, 0.25) is 0 Å². The second kappa shape index (κ2) is 6.32. The zero-order valence-corrected chi connectivity index (χ0v) is 14.2. The number of alkyl halides is 2. The highest BCUT2D eigenvalue weighted by atomic mass is 19.3. The van der Waals surface area contributed by atoms with Crippen LogP contribution in [0.4, 0.5) is 14.5 Å². The third-order valence-corrected chi connectivity index (χ3v) is 3.96. The molecule has 7 nitrogen and oxygen atoms in total. The molecule has 3 rings (SSSR count). The molecule has 2 N–H and O–H groups in total. The van der Waals surface area contributed by atoms with E-state index in [-0.39, 0.29) is 22.9 Å². The summed E-state index contributed by atoms with van der Waals surface area (Å²) >= 11 is 0. The van der Waals surface area contributed by atoms with Crippen LogP contribution >= 0.6 is 0 Å². The molecule has 1 aliphatic heterocycles. The zero-order valence-electron chi connectivity index (χ0n) is 14.2. The minimum Gasteiger partial charge on any atom is -0.465 e. The van der Waals surface area contributed by atoms with Crippen molar-refractivity contribution in [2.75, 3.05) is 12.4 Å². The van der Waals surface area contributed by atoms with Crippen molar-refractivity contribution >= 4 is 17.6 Å². The number of H-pyrrole nitrogens is 1. The Morgan fingerprint density at radius 1 is 1.27 bits per heavy atom. The van der Waals surface area contributed by atoms with Crippen LogP contribution in [0, 0.1) is 6.92 Å². The van der Waals surface area contributed by atoms with Gasteiger partial charge in [-0.2, -0.15) is 0 Å². The van der Waals surface area contributed by atoms with Crippen molar-refractivity contribution < 1.29 is 32.6 Å². The first-order valence-corrected chi connectivity index (χ1v) is 7.76. The number of anilines is 1. The first-order chi connectivity index (χ1) is 12.3. The topological polar surface area (TPSA) is 89.7 Å². The molecule has 0 radical (unpaired) electrons. The summed E-state index contributed by atoms with van der Waals surface area (Å²) in [6.07, 6.45) is -3.23. The number of aromatic nitrogens is 1. The average Bonchev–Trinajstić information content (AvgIpc) is 3.08. The number of fused-ring (bicyclic) bond motifs is 1. The number of ether oxygens (including phenoxy) is 3. The number of carbonyl (C=O) groups excluding carboxylic acids is 2. The third-order valence-electron chi connectivity index (χ3n) is 3.96. The Morgan fingerprint density at radius 2 is 1.96 bits per heavy atom. The lowest BCUT2D eigenvalue weighted by Crippen LogP contribution is -2.25. The fourth-order valence-corrected chi connectivity index (χ4v) is 2.75. The van der Waals surface area contributed by atoms with Crippen LogP contribution in [0.3, 0.4) is 0 Å². The number of hydrogen-bond donors (Lipinski definition) is 2. The number of carbonyl (C=O) groups is 2. The van der Waals surface area contributed by atoms with Crippen LogP contribution in [0.5, 0.6) is 11.5 Å². The highest BCUT2D eigenvalue weighted by Crippen LogP contribution is 2.42. The molecule has 0 bridgehead atoms. The van der Waals surface area contributed by atoms with E-state index in [1.165, 1.54) is 25.3 Å². The Balaban J connectivity index is 1.86. The summed E-state index contributed by atoms with van der Waals surface area (Å²) in [6.45, 7) is 3.45. The van der Waals surface area contributed by atoms with Gasteiger partial charge in [0.05, 0.1) is 12.7 Å². The van der Waals surface area contributed by atoms with Gasteiger partial charge in [-0.1, -0.05) is 6.92 Å². The third kappa shape index (κ3) is 3.07. The molecule has 9 heteroatoms. The van der Waals surface area contributed by atoms with Gasteiger partial charge in [0.1, 0.15) is 5.69 Å². The SMILES string of the molecule is CCc1[nH]c(C(=O)Nc2ccc3c(c2)OC(F)(F)O3)c(C)c1C(=O)OC. The molecule has 1 aromatic carbocycles. The molecule has 0 saturated carbocycles. The summed E-state index contributed by atoms with van der Waals surface area (Å²) in [5, 5.41) is 2.57. The van der Waals surface area contributed by atoms with Crippen molar-refractivity contribution in [1.82, 2.24) is 4.98 Å². The van der Waals surface area contributed by atoms with E-state index < -0.39 is 18.2 Å². The number of hydrogen-bond acceptors (Lipinski definition) is 5. The first-order valence-electron chi connectivity index (χ1n) is 7.76. The van der Waals surface area contributed by atoms with Crippen molar-refractivity contribution in [3.05, 3.63) is 40.7 Å². The molecule has 0 unspecified atom stereocenters. The number of rotatable bonds is 4. The Labute approximate surface area is 147 Å². The van der Waals surface area contributed by atoms with Crippen LogP contribution in [-0.2, 0) is 11.2 Å². The highest BCUT2D eigenvalue weighted by Gasteiger charge is 2.43. The van der Waals surface area contributed by atoms with Gasteiger partial charge in [-0.15, -0.1) is 8.78 Å². The number of amides is 1. The first kappa shape index (κ1) is 17.7. The minimum atomic E-state index is -3.73. The molecule has 0 aliphatic carbocycles. The molecule has 0 atom stereocenters. The van der Waals surface area contributed by atoms with Crippen LogP contribution < -0.4 is 14.8 Å². The quantitative estimate of drug-likeness (QED) is 0.811. The molecule has 2 heterocycles. The van der Waals surface area contributed by atoms with Gasteiger partial charge in [-0.3, -0.25) is 4.79 Å². The van der Waals surface area contributed by atoms with Crippen LogP contribution in [0.15, 0.2) is 18.2 Å². The van der Waals surface area contributed by atoms with Crippen LogP contribution in [-0.4, -0.2) is 30.3 Å². The smallest absolute Gasteiger partial charge is 0.465 e. The van der Waals surface area contributed by atoms with Crippen molar-refractivity contribution in [1.29, 1.82) is 0 Å². The second-order valence-electron chi connectivity index (χ2n) is 5.61. The standard InChI is InChI=1S/C17H16F2N2O5/c1-4-10-13(16(23)24-3)8(2)14(21-10)15(22)20-9-5-6-11-12(7-9)26-17(18,19)25-11/h5-7,21H,4H2,1-3H3,(H,20,22). The van der Waals surface area contributed by atoms with Crippen molar-refractivity contribution in [3.63, 3.8) is 0 Å². The van der Waals surface area contributed by atoms with E-state index in [2.05, 4.69) is 19.8 Å². The van der Waals surface area contributed by atoms with Gasteiger partial charge in [-0.25, -0.2) is 4.79 Å². The zero-order chi connectivity index (χ0) is 19.1. The van der Waals surface area contributed by atoms with Gasteiger partial charge < -0.3 is 24.5 Å². The summed E-state index contributed by atoms with van der Waals surface area (Å²) in [5.74, 6) is -1.37. The van der Waals surface area contributed by atoms with E-state index in [9.17, 15) is 18.4 Å². The van der Waals surface area contributed by atoms with Crippen molar-refractivity contribution in [3.8, 4) is 11.5 Å². The number of benzene rings is 1. The highest BCUT2D eigenvalue weighted by molar-refractivity contribution is 6.07. The summed E-state index contributed by atoms with van der Waals surface area (Å²) in [4.78, 5) is 27.4. The van der Waals surface area contributed by atoms with E-state index in [0.717, 1.165) is 0 Å². The van der Waals surface area contributed by atoms with E-state index in [0.29, 0.717) is 23.2 Å². The monoisotopic (exact) mass is 366 g/mol. The largest absolute Gasteiger partial charge is 0.586 e. The van der Waals surface area contributed by atoms with Gasteiger partial charge in [0, 0.05) is 17.4 Å². The number of halogens is 2. The van der Waals surface area contributed by atoms with E-state index in [1.807, 2.05) is 6.92 Å². The number of esters is 1. The lowest BCUT2D eigenvalue weighted by Gasteiger charge is -2.06. The molecule has 1 aliphatic rings. The van der Waals surface area contributed by atoms with Crippen molar-refractivity contribution in [2.45, 2.75) is 26.6 Å². The Morgan fingerprint density at radius 3 is 2.62 bits per heavy atom. The molecule has 0 fully saturated rings. The molecule has 26 heavy (non-hydrogen) atoms. The summed E-state index contributed by atoms with van der Waals surface area (Å²) in [5.41, 5.74) is 1.75. The average molecular weight is 366 g/mol. The maximum atomic E-state index is 13.1. The number of methoxy groups -OCH3 is 1. The maximum absolute atomic E-state index is 13.1. The molecule has 1 amide bonds. The van der Waals surface area contributed by atoms with E-state index >= 15 is 0 Å². The lowest BCUT2D eigenvalue weighted by atomic mass is 10.1. The second-order valence-corrected chi connectivity index (χ2v) is 5.61. The molecular weight excluding hydrogens is 350 g/mol. The fourth-order valence-electron chi connectivity index (χ4n) is 2.75. The van der Waals surface area contributed by atoms with Gasteiger partial charge in [0.15, 0.2) is 11.5 Å². The Bertz CT molecular complexity index is 892. The number of aromatic amines is 1. The van der Waals surface area contributed by atoms with Gasteiger partial charge >= 0.3 is 12.3 Å². The molecule has 0 spiro atoms. The van der Waals surface area contributed by atoms with Crippen LogP contribution in [0.25, 0.3) is 0 Å². The summed E-state index contributed by atoms with van der Waals surface area (Å²) in [7, 11) is 1.26. The number of aryl methyl sites for hydroxylation is 1. The summed E-state index contributed by atoms with van der Waals surface area (Å²) < 4.78 is 39.5. The molecule has 138 valence electrons. The molecule has 0 saturated heterocycles. The summed E-state index contributed by atoms with van der Waals surface area (Å²) in [6, 6.07) is 3.90. The molecular formula is C17H16F2N2O5. The molecule has 2 aromatic rings. The predicted molar refractivity (Wildman–Crippen MR) is 86.8 cm³/mol. The Hall–Kier alpha value is -3.10. The van der Waals surface area contributed by atoms with E-state index in [4.69, 9.17) is 4.74 Å². The normalized spacial score (nSPS) is 14.2. The van der Waals surface area contributed by atoms with Gasteiger partial charge in [-0.05, 0) is 31.0 Å². The Kier molecular flexibility index (Phi) is 4.31. The van der Waals surface area contributed by atoms with E-state index in [1.54, 1.807) is 6.92 Å². The predicted octanol–water partition coefficient (Wildman–Crippen LogP) is 3.25. The fraction of sp³-hybridized carbons (Fsp3) is 0.294. The van der Waals surface area contributed by atoms with Crippen molar-refractivity contribution in [2.24, 2.45) is 0 Å². The maximum Gasteiger partial charge on any atom is 0.586 e. The number of nitrogens with one attached hydrogen (secondary N) is 2.